The molecule has 15 heavy (non-hydrogen) atoms. The predicted octanol–water partition coefficient (Wildman–Crippen LogP) is 1.95. The normalized spacial score (nSPS) is 31.7. The minimum absolute atomic E-state index is 0.00427. The lowest BCUT2D eigenvalue weighted by Crippen LogP contribution is -2.37. The zero-order chi connectivity index (χ0) is 11.4. The van der Waals surface area contributed by atoms with Crippen LogP contribution >= 0.6 is 0 Å². The lowest BCUT2D eigenvalue weighted by atomic mass is 9.75. The largest absolute Gasteiger partial charge is 0.461 e. The molecule has 0 spiro atoms. The van der Waals surface area contributed by atoms with Crippen molar-refractivity contribution in [2.24, 2.45) is 23.5 Å². The van der Waals surface area contributed by atoms with Crippen molar-refractivity contribution in [3.05, 3.63) is 0 Å². The minimum atomic E-state index is -0.264. The number of ether oxygens (including phenoxy) is 1. The van der Waals surface area contributed by atoms with Crippen LogP contribution in [-0.2, 0) is 9.53 Å². The summed E-state index contributed by atoms with van der Waals surface area (Å²) >= 11 is 0. The van der Waals surface area contributed by atoms with Crippen molar-refractivity contribution < 1.29 is 9.53 Å². The highest BCUT2D eigenvalue weighted by Gasteiger charge is 2.32. The molecule has 3 nitrogen and oxygen atoms in total. The number of carbonyl (C=O) groups is 1. The van der Waals surface area contributed by atoms with Crippen LogP contribution in [0.1, 0.15) is 40.0 Å². The molecule has 1 rings (SSSR count). The Kier molecular flexibility index (Phi) is 4.58. The van der Waals surface area contributed by atoms with Gasteiger partial charge in [-0.3, -0.25) is 4.79 Å². The van der Waals surface area contributed by atoms with Crippen molar-refractivity contribution in [3.63, 3.8) is 0 Å². The Morgan fingerprint density at radius 3 is 2.67 bits per heavy atom. The molecule has 0 radical (unpaired) electrons. The number of hydrogen-bond donors (Lipinski definition) is 1. The lowest BCUT2D eigenvalue weighted by molar-refractivity contribution is -0.154. The molecule has 0 unspecified atom stereocenters. The number of rotatable bonds is 3. The van der Waals surface area contributed by atoms with Crippen molar-refractivity contribution in [1.29, 1.82) is 0 Å². The molecule has 88 valence electrons. The molecule has 3 atom stereocenters. The summed E-state index contributed by atoms with van der Waals surface area (Å²) < 4.78 is 5.42. The molecule has 0 bridgehead atoms. The van der Waals surface area contributed by atoms with Gasteiger partial charge in [-0.2, -0.15) is 0 Å². The third-order valence-corrected chi connectivity index (χ3v) is 3.41. The molecule has 0 saturated heterocycles. The van der Waals surface area contributed by atoms with Gasteiger partial charge in [0.25, 0.3) is 0 Å². The first-order valence-electron chi connectivity index (χ1n) is 5.94. The molecule has 1 aliphatic carbocycles. The Hall–Kier alpha value is -0.570. The first kappa shape index (κ1) is 12.5. The first-order chi connectivity index (χ1) is 7.04. The lowest BCUT2D eigenvalue weighted by Gasteiger charge is -2.36. The van der Waals surface area contributed by atoms with Crippen LogP contribution in [-0.4, -0.2) is 18.6 Å². The van der Waals surface area contributed by atoms with Crippen LogP contribution in [0.5, 0.6) is 0 Å². The molecule has 0 aromatic rings. The maximum absolute atomic E-state index is 11.2. The summed E-state index contributed by atoms with van der Waals surface area (Å²) in [6.07, 6.45) is 3.50. The maximum atomic E-state index is 11.2. The molecule has 2 N–H and O–H groups in total. The van der Waals surface area contributed by atoms with Gasteiger partial charge in [0.05, 0.1) is 6.54 Å². The third kappa shape index (κ3) is 3.49. The van der Waals surface area contributed by atoms with Gasteiger partial charge < -0.3 is 10.5 Å². The zero-order valence-electron chi connectivity index (χ0n) is 10.0. The van der Waals surface area contributed by atoms with Gasteiger partial charge in [-0.05, 0) is 30.6 Å². The highest BCUT2D eigenvalue weighted by atomic mass is 16.5. The number of carbonyl (C=O) groups excluding carboxylic acids is 1. The van der Waals surface area contributed by atoms with Crippen LogP contribution in [0.25, 0.3) is 0 Å². The molecule has 1 aliphatic rings. The third-order valence-electron chi connectivity index (χ3n) is 3.41. The molecule has 0 aromatic carbocycles. The number of nitrogens with two attached hydrogens (primary N) is 1. The van der Waals surface area contributed by atoms with Gasteiger partial charge in [-0.25, -0.2) is 0 Å². The molecule has 0 heterocycles. The summed E-state index contributed by atoms with van der Waals surface area (Å²) in [4.78, 5) is 11.2. The van der Waals surface area contributed by atoms with Gasteiger partial charge in [0, 0.05) is 0 Å². The fourth-order valence-electron chi connectivity index (χ4n) is 2.47. The van der Waals surface area contributed by atoms with Crippen molar-refractivity contribution in [1.82, 2.24) is 0 Å². The second-order valence-corrected chi connectivity index (χ2v) is 5.06. The Morgan fingerprint density at radius 1 is 1.47 bits per heavy atom. The first-order valence-corrected chi connectivity index (χ1v) is 5.94. The average Bonchev–Trinajstić information content (AvgIpc) is 2.17. The highest BCUT2D eigenvalue weighted by Crippen LogP contribution is 2.35. The molecule has 3 heteroatoms. The van der Waals surface area contributed by atoms with E-state index in [1.165, 1.54) is 12.8 Å². The summed E-state index contributed by atoms with van der Waals surface area (Å²) in [7, 11) is 0. The van der Waals surface area contributed by atoms with Crippen LogP contribution in [0, 0.1) is 17.8 Å². The Balaban J connectivity index is 2.57. The molecule has 0 aromatic heterocycles. The SMILES string of the molecule is CC(C)[C@H]1CC[C@H](C)C[C@@H]1OC(=O)CN. The highest BCUT2D eigenvalue weighted by molar-refractivity contribution is 5.71. The van der Waals surface area contributed by atoms with Crippen LogP contribution in [0.4, 0.5) is 0 Å². The van der Waals surface area contributed by atoms with Gasteiger partial charge in [0.1, 0.15) is 6.10 Å². The van der Waals surface area contributed by atoms with Gasteiger partial charge >= 0.3 is 5.97 Å². The summed E-state index contributed by atoms with van der Waals surface area (Å²) in [6.45, 7) is 6.61. The van der Waals surface area contributed by atoms with E-state index in [1.807, 2.05) is 0 Å². The molecular formula is C12H23NO2. The number of hydrogen-bond acceptors (Lipinski definition) is 3. The van der Waals surface area contributed by atoms with E-state index in [0.717, 1.165) is 6.42 Å². The Labute approximate surface area is 92.4 Å². The summed E-state index contributed by atoms with van der Waals surface area (Å²) in [5.41, 5.74) is 5.27. The van der Waals surface area contributed by atoms with E-state index >= 15 is 0 Å². The standard InChI is InChI=1S/C12H23NO2/c1-8(2)10-5-4-9(3)6-11(10)15-12(14)7-13/h8-11H,4-7,13H2,1-3H3/t9-,10+,11-/m0/s1. The fraction of sp³-hybridized carbons (Fsp3) is 0.917. The Bertz CT molecular complexity index is 216. The zero-order valence-corrected chi connectivity index (χ0v) is 10.0. The van der Waals surface area contributed by atoms with E-state index in [2.05, 4.69) is 20.8 Å². The molecule has 0 amide bonds. The monoisotopic (exact) mass is 213 g/mol. The second-order valence-electron chi connectivity index (χ2n) is 5.06. The van der Waals surface area contributed by atoms with Crippen molar-refractivity contribution >= 4 is 5.97 Å². The predicted molar refractivity (Wildman–Crippen MR) is 60.3 cm³/mol. The fourth-order valence-corrected chi connectivity index (χ4v) is 2.47. The Morgan fingerprint density at radius 2 is 2.13 bits per heavy atom. The van der Waals surface area contributed by atoms with Crippen LogP contribution in [0.2, 0.25) is 0 Å². The van der Waals surface area contributed by atoms with E-state index in [4.69, 9.17) is 10.5 Å². The van der Waals surface area contributed by atoms with E-state index < -0.39 is 0 Å². The van der Waals surface area contributed by atoms with E-state index in [-0.39, 0.29) is 18.6 Å². The van der Waals surface area contributed by atoms with Crippen molar-refractivity contribution in [3.8, 4) is 0 Å². The van der Waals surface area contributed by atoms with Gasteiger partial charge in [-0.1, -0.05) is 27.2 Å². The van der Waals surface area contributed by atoms with E-state index in [9.17, 15) is 4.79 Å². The van der Waals surface area contributed by atoms with E-state index in [1.54, 1.807) is 0 Å². The van der Waals surface area contributed by atoms with Gasteiger partial charge in [0.2, 0.25) is 0 Å². The van der Waals surface area contributed by atoms with Crippen LogP contribution < -0.4 is 5.73 Å². The summed E-state index contributed by atoms with van der Waals surface area (Å²) in [5.74, 6) is 1.49. The quantitative estimate of drug-likeness (QED) is 0.729. The minimum Gasteiger partial charge on any atom is -0.461 e. The number of esters is 1. The molecule has 0 aliphatic heterocycles. The second kappa shape index (κ2) is 5.50. The van der Waals surface area contributed by atoms with Gasteiger partial charge in [0.15, 0.2) is 0 Å². The summed E-state index contributed by atoms with van der Waals surface area (Å²) in [5, 5.41) is 0. The van der Waals surface area contributed by atoms with Crippen molar-refractivity contribution in [2.75, 3.05) is 6.54 Å². The molecule has 1 saturated carbocycles. The molecule has 1 fully saturated rings. The molecular weight excluding hydrogens is 190 g/mol. The summed E-state index contributed by atoms with van der Waals surface area (Å²) in [6, 6.07) is 0. The average molecular weight is 213 g/mol. The maximum Gasteiger partial charge on any atom is 0.319 e. The van der Waals surface area contributed by atoms with E-state index in [0.29, 0.717) is 17.8 Å². The van der Waals surface area contributed by atoms with Crippen LogP contribution in [0.3, 0.4) is 0 Å². The van der Waals surface area contributed by atoms with Crippen molar-refractivity contribution in [2.45, 2.75) is 46.1 Å². The van der Waals surface area contributed by atoms with Gasteiger partial charge in [-0.15, -0.1) is 0 Å². The smallest absolute Gasteiger partial charge is 0.319 e. The topological polar surface area (TPSA) is 52.3 Å². The van der Waals surface area contributed by atoms with Crippen LogP contribution in [0.15, 0.2) is 0 Å².